The van der Waals surface area contributed by atoms with E-state index in [0.29, 0.717) is 26.3 Å². The second-order valence-corrected chi connectivity index (χ2v) is 6.32. The normalized spacial score (nSPS) is 15.6. The third-order valence-electron chi connectivity index (χ3n) is 4.64. The van der Waals surface area contributed by atoms with Crippen LogP contribution in [0.25, 0.3) is 10.8 Å². The Morgan fingerprint density at radius 3 is 2.38 bits per heavy atom. The van der Waals surface area contributed by atoms with Crippen molar-refractivity contribution in [3.05, 3.63) is 78.4 Å². The fourth-order valence-electron chi connectivity index (χ4n) is 3.26. The Morgan fingerprint density at radius 2 is 1.58 bits per heavy atom. The smallest absolute Gasteiger partial charge is 0.268 e. The van der Waals surface area contributed by atoms with Gasteiger partial charge in [-0.15, -0.1) is 0 Å². The van der Waals surface area contributed by atoms with Crippen molar-refractivity contribution in [2.24, 2.45) is 0 Å². The molecule has 0 saturated carbocycles. The van der Waals surface area contributed by atoms with Gasteiger partial charge in [-0.25, -0.2) is 0 Å². The maximum Gasteiger partial charge on any atom is 0.268 e. The van der Waals surface area contributed by atoms with Gasteiger partial charge in [0.1, 0.15) is 5.75 Å². The largest absolute Gasteiger partial charge is 0.475 e. The van der Waals surface area contributed by atoms with Crippen molar-refractivity contribution in [3.63, 3.8) is 0 Å². The number of ether oxygens (including phenoxy) is 2. The maximum absolute atomic E-state index is 13.2. The van der Waals surface area contributed by atoms with Crippen LogP contribution < -0.4 is 4.74 Å². The summed E-state index contributed by atoms with van der Waals surface area (Å²) in [5, 5.41) is 2.10. The van der Waals surface area contributed by atoms with Crippen molar-refractivity contribution in [3.8, 4) is 5.75 Å². The molecule has 1 atom stereocenters. The second-order valence-electron chi connectivity index (χ2n) is 6.32. The van der Waals surface area contributed by atoms with Crippen LogP contribution >= 0.6 is 0 Å². The fraction of sp³-hybridized carbons (Fsp3) is 0.227. The average molecular weight is 347 g/mol. The van der Waals surface area contributed by atoms with E-state index in [9.17, 15) is 4.79 Å². The van der Waals surface area contributed by atoms with E-state index >= 15 is 0 Å². The molecule has 0 spiro atoms. The number of amides is 1. The van der Waals surface area contributed by atoms with Crippen LogP contribution in [0, 0.1) is 0 Å². The number of carbonyl (C=O) groups is 1. The number of fused-ring (bicyclic) bond motifs is 1. The lowest BCUT2D eigenvalue weighted by Gasteiger charge is -2.31. The minimum atomic E-state index is -0.667. The number of hydrogen-bond donors (Lipinski definition) is 0. The van der Waals surface area contributed by atoms with Crippen LogP contribution in [0.5, 0.6) is 5.75 Å². The molecule has 1 fully saturated rings. The van der Waals surface area contributed by atoms with E-state index in [1.165, 1.54) is 0 Å². The van der Waals surface area contributed by atoms with Crippen LogP contribution in [0.15, 0.2) is 72.8 Å². The Bertz CT molecular complexity index is 883. The lowest BCUT2D eigenvalue weighted by atomic mass is 10.1. The van der Waals surface area contributed by atoms with Gasteiger partial charge < -0.3 is 14.4 Å². The van der Waals surface area contributed by atoms with Crippen LogP contribution in [0.4, 0.5) is 0 Å². The van der Waals surface area contributed by atoms with E-state index in [1.807, 2.05) is 77.7 Å². The van der Waals surface area contributed by atoms with Crippen molar-refractivity contribution in [1.82, 2.24) is 4.90 Å². The summed E-state index contributed by atoms with van der Waals surface area (Å²) in [6, 6.07) is 23.7. The van der Waals surface area contributed by atoms with Crippen LogP contribution in [0.2, 0.25) is 0 Å². The van der Waals surface area contributed by atoms with Crippen molar-refractivity contribution in [2.45, 2.75) is 6.10 Å². The number of nitrogens with zero attached hydrogens (tertiary/aromatic N) is 1. The summed E-state index contributed by atoms with van der Waals surface area (Å²) in [4.78, 5) is 15.0. The van der Waals surface area contributed by atoms with Crippen molar-refractivity contribution >= 4 is 16.7 Å². The molecule has 0 radical (unpaired) electrons. The molecule has 4 heteroatoms. The summed E-state index contributed by atoms with van der Waals surface area (Å²) in [6.45, 7) is 2.34. The molecular weight excluding hydrogens is 326 g/mol. The molecular formula is C22H21NO3. The molecule has 1 heterocycles. The van der Waals surface area contributed by atoms with Gasteiger partial charge in [-0.1, -0.05) is 66.7 Å². The van der Waals surface area contributed by atoms with Crippen LogP contribution in [0.3, 0.4) is 0 Å². The van der Waals surface area contributed by atoms with Gasteiger partial charge in [-0.05, 0) is 11.5 Å². The fourth-order valence-corrected chi connectivity index (χ4v) is 3.26. The molecule has 132 valence electrons. The molecule has 26 heavy (non-hydrogen) atoms. The lowest BCUT2D eigenvalue weighted by Crippen LogP contribution is -2.44. The molecule has 3 aromatic carbocycles. The van der Waals surface area contributed by atoms with E-state index < -0.39 is 6.10 Å². The lowest BCUT2D eigenvalue weighted by molar-refractivity contribution is -0.143. The average Bonchev–Trinajstić information content (AvgIpc) is 2.73. The van der Waals surface area contributed by atoms with Gasteiger partial charge in [-0.2, -0.15) is 0 Å². The Labute approximate surface area is 153 Å². The highest BCUT2D eigenvalue weighted by atomic mass is 16.5. The predicted molar refractivity (Wildman–Crippen MR) is 101 cm³/mol. The highest BCUT2D eigenvalue weighted by Gasteiger charge is 2.29. The summed E-state index contributed by atoms with van der Waals surface area (Å²) in [5.74, 6) is 0.700. The summed E-state index contributed by atoms with van der Waals surface area (Å²) >= 11 is 0. The van der Waals surface area contributed by atoms with Gasteiger partial charge >= 0.3 is 0 Å². The maximum atomic E-state index is 13.2. The minimum absolute atomic E-state index is 0.0209. The van der Waals surface area contributed by atoms with Gasteiger partial charge in [0.2, 0.25) is 6.10 Å². The van der Waals surface area contributed by atoms with Crippen LogP contribution in [-0.2, 0) is 9.53 Å². The van der Waals surface area contributed by atoms with E-state index in [2.05, 4.69) is 0 Å². The van der Waals surface area contributed by atoms with Gasteiger partial charge in [0.25, 0.3) is 5.91 Å². The van der Waals surface area contributed by atoms with Gasteiger partial charge in [0.15, 0.2) is 0 Å². The third-order valence-corrected chi connectivity index (χ3v) is 4.64. The topological polar surface area (TPSA) is 38.8 Å². The van der Waals surface area contributed by atoms with E-state index in [1.54, 1.807) is 0 Å². The van der Waals surface area contributed by atoms with Gasteiger partial charge in [0, 0.05) is 24.0 Å². The quantitative estimate of drug-likeness (QED) is 0.720. The zero-order valence-electron chi connectivity index (χ0n) is 14.5. The first-order chi connectivity index (χ1) is 12.8. The Morgan fingerprint density at radius 1 is 0.885 bits per heavy atom. The summed E-state index contributed by atoms with van der Waals surface area (Å²) in [7, 11) is 0. The number of benzene rings is 3. The Hall–Kier alpha value is -2.85. The summed E-state index contributed by atoms with van der Waals surface area (Å²) in [6.07, 6.45) is -0.667. The zero-order valence-corrected chi connectivity index (χ0v) is 14.5. The zero-order chi connectivity index (χ0) is 17.8. The highest BCUT2D eigenvalue weighted by Crippen LogP contribution is 2.30. The van der Waals surface area contributed by atoms with Crippen LogP contribution in [0.1, 0.15) is 11.7 Å². The first-order valence-corrected chi connectivity index (χ1v) is 8.89. The van der Waals surface area contributed by atoms with E-state index in [-0.39, 0.29) is 5.91 Å². The Balaban J connectivity index is 1.69. The standard InChI is InChI=1S/C22H21NO3/c24-22(23-13-15-25-16-14-23)21(18-8-2-1-3-9-18)26-20-12-6-10-17-7-4-5-11-19(17)20/h1-12,21H,13-16H2/t21-/m1/s1. The molecule has 0 N–H and O–H groups in total. The monoisotopic (exact) mass is 347 g/mol. The third kappa shape index (κ3) is 3.41. The molecule has 3 aromatic rings. The van der Waals surface area contributed by atoms with Gasteiger partial charge in [0.05, 0.1) is 13.2 Å². The second kappa shape index (κ2) is 7.58. The molecule has 4 rings (SSSR count). The van der Waals surface area contributed by atoms with Crippen molar-refractivity contribution < 1.29 is 14.3 Å². The molecule has 0 bridgehead atoms. The first kappa shape index (κ1) is 16.6. The molecule has 1 saturated heterocycles. The molecule has 1 aliphatic rings. The summed E-state index contributed by atoms with van der Waals surface area (Å²) < 4.78 is 11.7. The number of morpholine rings is 1. The first-order valence-electron chi connectivity index (χ1n) is 8.89. The van der Waals surface area contributed by atoms with E-state index in [4.69, 9.17) is 9.47 Å². The van der Waals surface area contributed by atoms with Crippen molar-refractivity contribution in [2.75, 3.05) is 26.3 Å². The van der Waals surface area contributed by atoms with Gasteiger partial charge in [-0.3, -0.25) is 4.79 Å². The Kier molecular flexibility index (Phi) is 4.84. The molecule has 1 aliphatic heterocycles. The summed E-state index contributed by atoms with van der Waals surface area (Å²) in [5.41, 5.74) is 0.858. The molecule has 1 amide bonds. The predicted octanol–water partition coefficient (Wildman–Crippen LogP) is 3.82. The molecule has 0 aromatic heterocycles. The molecule has 0 unspecified atom stereocenters. The van der Waals surface area contributed by atoms with Crippen molar-refractivity contribution in [1.29, 1.82) is 0 Å². The van der Waals surface area contributed by atoms with Crippen LogP contribution in [-0.4, -0.2) is 37.1 Å². The SMILES string of the molecule is O=C([C@H](Oc1cccc2ccccc12)c1ccccc1)N1CCOCC1. The number of hydrogen-bond acceptors (Lipinski definition) is 3. The number of carbonyl (C=O) groups excluding carboxylic acids is 1. The minimum Gasteiger partial charge on any atom is -0.475 e. The number of rotatable bonds is 4. The molecule has 4 nitrogen and oxygen atoms in total. The van der Waals surface area contributed by atoms with E-state index in [0.717, 1.165) is 22.1 Å². The molecule has 0 aliphatic carbocycles. The highest BCUT2D eigenvalue weighted by molar-refractivity contribution is 5.89.